The van der Waals surface area contributed by atoms with E-state index < -0.39 is 23.9 Å². The highest BCUT2D eigenvalue weighted by Crippen LogP contribution is 1.58. The van der Waals surface area contributed by atoms with Gasteiger partial charge in [0.15, 0.2) is 0 Å². The molecule has 0 bridgehead atoms. The summed E-state index contributed by atoms with van der Waals surface area (Å²) >= 11 is 0. The van der Waals surface area contributed by atoms with E-state index in [1.807, 2.05) is 0 Å². The number of hydrogen-bond acceptors (Lipinski definition) is 8. The summed E-state index contributed by atoms with van der Waals surface area (Å²) in [7, 11) is 0. The van der Waals surface area contributed by atoms with Gasteiger partial charge in [-0.1, -0.05) is 0 Å². The highest BCUT2D eigenvalue weighted by Gasteiger charge is 1.68. The average molecular weight is 348 g/mol. The molecule has 0 aromatic heterocycles. The molecule has 12 heteroatoms. The Hall–Kier alpha value is -2.28. The lowest BCUT2D eigenvalue weighted by atomic mass is 10.4. The molecule has 0 fully saturated rings. The second kappa shape index (κ2) is 42.7. The Morgan fingerprint density at radius 1 is 0.609 bits per heavy atom. The minimum absolute atomic E-state index is 0. The number of nitrogens with two attached hydrogens (primary N) is 2. The first-order chi connectivity index (χ1) is 9.34. The zero-order valence-corrected chi connectivity index (χ0v) is 14.1. The van der Waals surface area contributed by atoms with E-state index in [2.05, 4.69) is 0 Å². The molecule has 0 saturated carbocycles. The minimum atomic E-state index is -0.833. The number of carbonyl (C=O) groups is 4. The number of aliphatic carboxylic acids is 4. The first-order valence-corrected chi connectivity index (χ1v) is 5.53. The van der Waals surface area contributed by atoms with Gasteiger partial charge >= 0.3 is 0 Å². The molecule has 0 rings (SSSR count). The van der Waals surface area contributed by atoms with Gasteiger partial charge in [-0.3, -0.25) is 19.2 Å². The fraction of sp³-hybridized carbons (Fsp3) is 0.636. The van der Waals surface area contributed by atoms with Crippen LogP contribution in [0.1, 0.15) is 34.1 Å². The average Bonchev–Trinajstić information content (AvgIpc) is 2.14. The molecule has 12 nitrogen and oxygen atoms in total. The topological polar surface area (TPSA) is 271 Å². The number of rotatable bonds is 2. The van der Waals surface area contributed by atoms with Crippen LogP contribution in [0.4, 0.5) is 0 Å². The molecule has 144 valence electrons. The van der Waals surface area contributed by atoms with Gasteiger partial charge in [0.05, 0.1) is 0 Å². The van der Waals surface area contributed by atoms with Gasteiger partial charge in [-0.25, -0.2) is 0 Å². The highest BCUT2D eigenvalue weighted by atomic mass is 16.4. The Labute approximate surface area is 135 Å². The third-order valence-corrected chi connectivity index (χ3v) is 0.408. The lowest BCUT2D eigenvalue weighted by Crippen LogP contribution is -2.06. The molecule has 0 heterocycles. The van der Waals surface area contributed by atoms with Crippen LogP contribution >= 0.6 is 0 Å². The predicted molar refractivity (Wildman–Crippen MR) is 86.0 cm³/mol. The van der Waals surface area contributed by atoms with E-state index >= 15 is 0 Å². The monoisotopic (exact) mass is 348 g/mol. The summed E-state index contributed by atoms with van der Waals surface area (Å²) in [5.74, 6) is -3.33. The van der Waals surface area contributed by atoms with Crippen molar-refractivity contribution in [2.75, 3.05) is 13.1 Å². The molecule has 0 atom stereocenters. The number of carboxylic acids is 4. The molecule has 23 heavy (non-hydrogen) atoms. The van der Waals surface area contributed by atoms with Gasteiger partial charge in [0.2, 0.25) is 0 Å². The Balaban J connectivity index is -0.0000000273. The van der Waals surface area contributed by atoms with E-state index in [9.17, 15) is 0 Å². The van der Waals surface area contributed by atoms with Crippen LogP contribution in [-0.2, 0) is 19.2 Å². The Morgan fingerprint density at radius 2 is 0.696 bits per heavy atom. The molecule has 0 radical (unpaired) electrons. The Bertz CT molecular complexity index is 209. The van der Waals surface area contributed by atoms with Gasteiger partial charge < -0.3 is 44.2 Å². The molecule has 0 unspecified atom stereocenters. The maximum atomic E-state index is 9.00. The maximum Gasteiger partial charge on any atom is 0.300 e. The molecule has 0 amide bonds. The van der Waals surface area contributed by atoms with E-state index in [4.69, 9.17) is 51.1 Å². The van der Waals surface area contributed by atoms with E-state index in [0.29, 0.717) is 0 Å². The van der Waals surface area contributed by atoms with E-state index in [-0.39, 0.29) is 12.3 Å². The minimum Gasteiger partial charge on any atom is -0.481 e. The van der Waals surface area contributed by atoms with Crippen LogP contribution in [0.2, 0.25) is 0 Å². The number of carboxylic acid groups (broad SMARTS) is 4. The van der Waals surface area contributed by atoms with Crippen molar-refractivity contribution in [1.29, 1.82) is 0 Å². The van der Waals surface area contributed by atoms with Crippen molar-refractivity contribution in [3.63, 3.8) is 0 Å². The van der Waals surface area contributed by atoms with Gasteiger partial charge in [0.1, 0.15) is 0 Å². The molecule has 0 aliphatic rings. The normalized spacial score (nSPS) is 6.17. The molecular weight excluding hydrogens is 316 g/mol. The summed E-state index contributed by atoms with van der Waals surface area (Å²) in [6.45, 7) is 5.77. The molecule has 0 saturated heterocycles. The summed E-state index contributed by atoms with van der Waals surface area (Å²) in [6, 6.07) is 0. The van der Waals surface area contributed by atoms with Crippen LogP contribution in [0, 0.1) is 0 Å². The Morgan fingerprint density at radius 3 is 0.696 bits per heavy atom. The quantitative estimate of drug-likeness (QED) is 0.327. The molecule has 0 aliphatic carbocycles. The molecule has 0 aromatic rings. The lowest BCUT2D eigenvalue weighted by molar-refractivity contribution is -0.135. The first-order valence-electron chi connectivity index (χ1n) is 5.53. The lowest BCUT2D eigenvalue weighted by Gasteiger charge is -1.81. The second-order valence-corrected chi connectivity index (χ2v) is 3.01. The third-order valence-electron chi connectivity index (χ3n) is 0.408. The van der Waals surface area contributed by atoms with Crippen LogP contribution in [0.5, 0.6) is 0 Å². The van der Waals surface area contributed by atoms with Crippen molar-refractivity contribution in [2.24, 2.45) is 11.5 Å². The SMILES string of the molecule is CC(=O)O.CC(=O)O.CC(=O)O.CC(=O)O.N.N.NCCCN. The second-order valence-electron chi connectivity index (χ2n) is 3.01. The van der Waals surface area contributed by atoms with Gasteiger partial charge in [-0.2, -0.15) is 0 Å². The largest absolute Gasteiger partial charge is 0.481 e. The highest BCUT2D eigenvalue weighted by molar-refractivity contribution is 5.63. The molecule has 0 spiro atoms. The van der Waals surface area contributed by atoms with E-state index in [1.165, 1.54) is 0 Å². The standard InChI is InChI=1S/C3H10N2.4C2H4O2.2H3N/c4-2-1-3-5;4*1-2(3)4;;/h1-5H2;4*1H3,(H,3,4);2*1H3. The van der Waals surface area contributed by atoms with Crippen molar-refractivity contribution in [2.45, 2.75) is 34.1 Å². The van der Waals surface area contributed by atoms with Crippen LogP contribution in [0.15, 0.2) is 0 Å². The zero-order valence-electron chi connectivity index (χ0n) is 14.1. The molecule has 0 aliphatic heterocycles. The van der Waals surface area contributed by atoms with Crippen molar-refractivity contribution < 1.29 is 39.6 Å². The van der Waals surface area contributed by atoms with Crippen molar-refractivity contribution in [3.05, 3.63) is 0 Å². The van der Waals surface area contributed by atoms with Gasteiger partial charge in [0, 0.05) is 27.7 Å². The summed E-state index contributed by atoms with van der Waals surface area (Å²) in [5, 5.41) is 29.7. The first kappa shape index (κ1) is 42.8. The predicted octanol–water partition coefficient (Wildman–Crippen LogP) is -0.0185. The fourth-order valence-electron chi connectivity index (χ4n) is 0.118. The van der Waals surface area contributed by atoms with Gasteiger partial charge in [-0.05, 0) is 19.5 Å². The van der Waals surface area contributed by atoms with Gasteiger partial charge in [0.25, 0.3) is 23.9 Å². The van der Waals surface area contributed by atoms with E-state index in [1.54, 1.807) is 0 Å². The summed E-state index contributed by atoms with van der Waals surface area (Å²) in [4.78, 5) is 36.0. The maximum absolute atomic E-state index is 9.00. The zero-order chi connectivity index (χ0) is 18.4. The fourth-order valence-corrected chi connectivity index (χ4v) is 0.118. The smallest absolute Gasteiger partial charge is 0.300 e. The van der Waals surface area contributed by atoms with Crippen LogP contribution in [0.25, 0.3) is 0 Å². The van der Waals surface area contributed by atoms with Crippen LogP contribution in [-0.4, -0.2) is 57.4 Å². The Kier molecular flexibility index (Phi) is 79.5. The van der Waals surface area contributed by atoms with Crippen molar-refractivity contribution in [3.8, 4) is 0 Å². The van der Waals surface area contributed by atoms with Gasteiger partial charge in [-0.15, -0.1) is 0 Å². The molecular formula is C11H32N4O8. The summed E-state index contributed by atoms with van der Waals surface area (Å²) in [5.41, 5.74) is 10.1. The van der Waals surface area contributed by atoms with Crippen LogP contribution < -0.4 is 23.8 Å². The third kappa shape index (κ3) is 79000. The van der Waals surface area contributed by atoms with Crippen molar-refractivity contribution in [1.82, 2.24) is 12.3 Å². The summed E-state index contributed by atoms with van der Waals surface area (Å²) in [6.07, 6.45) is 0.944. The number of hydrogen-bond donors (Lipinski definition) is 8. The van der Waals surface area contributed by atoms with Crippen molar-refractivity contribution >= 4 is 23.9 Å². The molecule has 14 N–H and O–H groups in total. The summed E-state index contributed by atoms with van der Waals surface area (Å²) < 4.78 is 0. The van der Waals surface area contributed by atoms with E-state index in [0.717, 1.165) is 47.2 Å². The van der Waals surface area contributed by atoms with Crippen LogP contribution in [0.3, 0.4) is 0 Å². The molecule has 0 aromatic carbocycles.